The lowest BCUT2D eigenvalue weighted by Crippen LogP contribution is -2.25. The second kappa shape index (κ2) is 9.53. The van der Waals surface area contributed by atoms with Crippen molar-refractivity contribution in [2.45, 2.75) is 29.5 Å². The van der Waals surface area contributed by atoms with E-state index in [0.717, 1.165) is 22.9 Å². The van der Waals surface area contributed by atoms with Crippen LogP contribution in [0.2, 0.25) is 0 Å². The van der Waals surface area contributed by atoms with Crippen molar-refractivity contribution in [1.29, 1.82) is 0 Å². The molecule has 0 spiro atoms. The molecule has 0 aliphatic carbocycles. The molecule has 0 radical (unpaired) electrons. The predicted molar refractivity (Wildman–Crippen MR) is 115 cm³/mol. The summed E-state index contributed by atoms with van der Waals surface area (Å²) in [5, 5.41) is 0. The third-order valence-corrected chi connectivity index (χ3v) is 7.12. The minimum absolute atomic E-state index is 0.0347. The number of sulfone groups is 1. The van der Waals surface area contributed by atoms with Gasteiger partial charge in [0, 0.05) is 12.8 Å². The molecule has 6 nitrogen and oxygen atoms in total. The van der Waals surface area contributed by atoms with Gasteiger partial charge in [0.1, 0.15) is 4.90 Å². The normalized spacial score (nSPS) is 12.0. The molecule has 0 aromatic heterocycles. The zero-order chi connectivity index (χ0) is 21.6. The number of benzene rings is 3. The van der Waals surface area contributed by atoms with E-state index in [1.807, 2.05) is 48.5 Å². The molecule has 0 atom stereocenters. The summed E-state index contributed by atoms with van der Waals surface area (Å²) in [6.45, 7) is 0.916. The van der Waals surface area contributed by atoms with Crippen LogP contribution in [-0.4, -0.2) is 23.1 Å². The molecule has 8 heteroatoms. The summed E-state index contributed by atoms with van der Waals surface area (Å²) in [5.41, 5.74) is 2.74. The first-order valence-electron chi connectivity index (χ1n) is 9.24. The molecule has 0 fully saturated rings. The zero-order valence-corrected chi connectivity index (χ0v) is 18.1. The quantitative estimate of drug-likeness (QED) is 0.546. The fraction of sp³-hybridized carbons (Fsp3) is 0.182. The monoisotopic (exact) mass is 445 g/mol. The molecule has 0 saturated carbocycles. The topological polar surface area (TPSA) is 89.5 Å². The molecule has 0 bridgehead atoms. The summed E-state index contributed by atoms with van der Waals surface area (Å²) in [7, 11) is -7.67. The number of hydrogen-bond donors (Lipinski definition) is 1. The molecular formula is C22H23NO5S2. The van der Waals surface area contributed by atoms with Crippen LogP contribution in [0.15, 0.2) is 88.7 Å². The van der Waals surface area contributed by atoms with Crippen molar-refractivity contribution >= 4 is 19.9 Å². The number of rotatable bonds is 9. The first-order valence-corrected chi connectivity index (χ1v) is 12.6. The molecule has 30 heavy (non-hydrogen) atoms. The minimum atomic E-state index is -4.00. The zero-order valence-electron chi connectivity index (χ0n) is 16.5. The van der Waals surface area contributed by atoms with E-state index < -0.39 is 19.9 Å². The van der Waals surface area contributed by atoms with Gasteiger partial charge in [-0.3, -0.25) is 0 Å². The van der Waals surface area contributed by atoms with Gasteiger partial charge in [-0.2, -0.15) is 0 Å². The van der Waals surface area contributed by atoms with E-state index in [1.54, 1.807) is 6.07 Å². The van der Waals surface area contributed by atoms with Gasteiger partial charge in [0.15, 0.2) is 9.84 Å². The highest BCUT2D eigenvalue weighted by Crippen LogP contribution is 2.20. The average Bonchev–Trinajstić information content (AvgIpc) is 2.73. The molecule has 0 saturated heterocycles. The summed E-state index contributed by atoms with van der Waals surface area (Å²) >= 11 is 0. The van der Waals surface area contributed by atoms with Gasteiger partial charge in [-0.1, -0.05) is 66.7 Å². The maximum Gasteiger partial charge on any atom is 0.242 e. The minimum Gasteiger partial charge on any atom is -0.372 e. The Balaban J connectivity index is 1.65. The lowest BCUT2D eigenvalue weighted by molar-refractivity contribution is 0.107. The maximum atomic E-state index is 12.7. The third-order valence-electron chi connectivity index (χ3n) is 4.38. The summed E-state index contributed by atoms with van der Waals surface area (Å²) in [4.78, 5) is -0.476. The molecule has 0 aliphatic heterocycles. The van der Waals surface area contributed by atoms with Gasteiger partial charge in [0.25, 0.3) is 0 Å². The fourth-order valence-electron chi connectivity index (χ4n) is 2.92. The smallest absolute Gasteiger partial charge is 0.242 e. The van der Waals surface area contributed by atoms with Gasteiger partial charge >= 0.3 is 0 Å². The SMILES string of the molecule is CS(=O)(=O)c1ccccc1S(=O)(=O)NCc1cccc(COCc2ccccc2)c1. The van der Waals surface area contributed by atoms with E-state index in [9.17, 15) is 16.8 Å². The molecule has 1 N–H and O–H groups in total. The summed E-state index contributed by atoms with van der Waals surface area (Å²) in [6.07, 6.45) is 0.986. The second-order valence-corrected chi connectivity index (χ2v) is 10.6. The highest BCUT2D eigenvalue weighted by molar-refractivity contribution is 7.93. The molecule has 0 heterocycles. The molecule has 0 unspecified atom stereocenters. The lowest BCUT2D eigenvalue weighted by atomic mass is 10.1. The van der Waals surface area contributed by atoms with Gasteiger partial charge in [0.05, 0.1) is 18.1 Å². The van der Waals surface area contributed by atoms with Crippen LogP contribution in [0, 0.1) is 0 Å². The highest BCUT2D eigenvalue weighted by atomic mass is 32.2. The van der Waals surface area contributed by atoms with E-state index in [1.165, 1.54) is 24.3 Å². The lowest BCUT2D eigenvalue weighted by Gasteiger charge is -2.11. The summed E-state index contributed by atoms with van der Waals surface area (Å²) < 4.78 is 57.4. The van der Waals surface area contributed by atoms with Crippen LogP contribution in [-0.2, 0) is 44.4 Å². The molecule has 3 rings (SSSR count). The van der Waals surface area contributed by atoms with E-state index in [0.29, 0.717) is 13.2 Å². The fourth-order valence-corrected chi connectivity index (χ4v) is 5.57. The average molecular weight is 446 g/mol. The summed E-state index contributed by atoms with van der Waals surface area (Å²) in [5.74, 6) is 0. The number of sulfonamides is 1. The Morgan fingerprint density at radius 3 is 1.97 bits per heavy atom. The second-order valence-electron chi connectivity index (χ2n) is 6.84. The van der Waals surface area contributed by atoms with E-state index in [4.69, 9.17) is 4.74 Å². The van der Waals surface area contributed by atoms with Crippen LogP contribution in [0.25, 0.3) is 0 Å². The third kappa shape index (κ3) is 5.99. The molecule has 3 aromatic rings. The first-order chi connectivity index (χ1) is 14.3. The van der Waals surface area contributed by atoms with E-state index >= 15 is 0 Å². The standard InChI is InChI=1S/C22H23NO5S2/c1-29(24,25)21-12-5-6-13-22(21)30(26,27)23-15-19-10-7-11-20(14-19)17-28-16-18-8-3-2-4-9-18/h2-14,23H,15-17H2,1H3. The van der Waals surface area contributed by atoms with Crippen LogP contribution < -0.4 is 4.72 Å². The number of hydrogen-bond acceptors (Lipinski definition) is 5. The predicted octanol–water partition coefficient (Wildman–Crippen LogP) is 3.29. The van der Waals surface area contributed by atoms with Crippen LogP contribution in [0.4, 0.5) is 0 Å². The van der Waals surface area contributed by atoms with Gasteiger partial charge in [0.2, 0.25) is 10.0 Å². The Morgan fingerprint density at radius 1 is 0.700 bits per heavy atom. The van der Waals surface area contributed by atoms with Crippen molar-refractivity contribution in [3.8, 4) is 0 Å². The molecule has 158 valence electrons. The van der Waals surface area contributed by atoms with Crippen LogP contribution in [0.3, 0.4) is 0 Å². The van der Waals surface area contributed by atoms with Gasteiger partial charge in [-0.15, -0.1) is 0 Å². The van der Waals surface area contributed by atoms with E-state index in [2.05, 4.69) is 4.72 Å². The Hall–Kier alpha value is -2.52. The maximum absolute atomic E-state index is 12.7. The largest absolute Gasteiger partial charge is 0.372 e. The van der Waals surface area contributed by atoms with Crippen molar-refractivity contribution in [2.75, 3.05) is 6.26 Å². The van der Waals surface area contributed by atoms with Crippen LogP contribution in [0.5, 0.6) is 0 Å². The molecule has 3 aromatic carbocycles. The number of ether oxygens (including phenoxy) is 1. The molecule has 0 aliphatic rings. The summed E-state index contributed by atoms with van der Waals surface area (Å²) in [6, 6.07) is 22.8. The Labute approximate surface area is 177 Å². The van der Waals surface area contributed by atoms with E-state index in [-0.39, 0.29) is 16.3 Å². The highest BCUT2D eigenvalue weighted by Gasteiger charge is 2.23. The molecule has 0 amide bonds. The Kier molecular flexibility index (Phi) is 7.04. The van der Waals surface area contributed by atoms with Crippen molar-refractivity contribution in [3.63, 3.8) is 0 Å². The number of nitrogens with one attached hydrogen (secondary N) is 1. The van der Waals surface area contributed by atoms with Gasteiger partial charge < -0.3 is 4.74 Å². The van der Waals surface area contributed by atoms with Crippen LogP contribution >= 0.6 is 0 Å². The molecular weight excluding hydrogens is 422 g/mol. The Morgan fingerprint density at radius 2 is 1.27 bits per heavy atom. The van der Waals surface area contributed by atoms with Crippen LogP contribution in [0.1, 0.15) is 16.7 Å². The Bertz CT molecular complexity index is 1210. The van der Waals surface area contributed by atoms with Crippen molar-refractivity contribution in [2.24, 2.45) is 0 Å². The first kappa shape index (κ1) is 22.2. The van der Waals surface area contributed by atoms with Crippen molar-refractivity contribution in [3.05, 3.63) is 95.6 Å². The van der Waals surface area contributed by atoms with Crippen molar-refractivity contribution in [1.82, 2.24) is 4.72 Å². The van der Waals surface area contributed by atoms with Gasteiger partial charge in [-0.25, -0.2) is 21.6 Å². The van der Waals surface area contributed by atoms with Gasteiger partial charge in [-0.05, 0) is 28.8 Å². The van der Waals surface area contributed by atoms with Crippen molar-refractivity contribution < 1.29 is 21.6 Å².